The molecular weight excluding hydrogens is 599 g/mol. The van der Waals surface area contributed by atoms with Crippen LogP contribution < -0.4 is 4.90 Å². The molecule has 2 heteroatoms. The standard InChI is InChI=1S/C46H31NS/c1-3-11-33(12-4-1)40-15-7-8-16-41(40)34-23-28-39(29-24-34)47(37-13-5-2-6-14-37)38-26-21-32(22-27-38)36-20-19-35-25-30-43-42-17-9-10-18-45(42)48-46(43)44(35)31-36/h1-31H. The summed E-state index contributed by atoms with van der Waals surface area (Å²) in [6.07, 6.45) is 0. The Kier molecular flexibility index (Phi) is 7.07. The molecule has 0 fully saturated rings. The third-order valence-electron chi connectivity index (χ3n) is 9.28. The number of fused-ring (bicyclic) bond motifs is 5. The average Bonchev–Trinajstić information content (AvgIpc) is 3.56. The van der Waals surface area contributed by atoms with Crippen molar-refractivity contribution in [2.45, 2.75) is 0 Å². The molecule has 1 heterocycles. The second kappa shape index (κ2) is 12.0. The molecule has 0 saturated heterocycles. The van der Waals surface area contributed by atoms with Crippen molar-refractivity contribution in [3.8, 4) is 33.4 Å². The highest BCUT2D eigenvalue weighted by atomic mass is 32.1. The van der Waals surface area contributed by atoms with Crippen LogP contribution in [-0.4, -0.2) is 0 Å². The molecule has 0 amide bonds. The number of thiophene rings is 1. The maximum Gasteiger partial charge on any atom is 0.0462 e. The fourth-order valence-corrected chi connectivity index (χ4v) is 8.13. The Morgan fingerprint density at radius 1 is 0.333 bits per heavy atom. The van der Waals surface area contributed by atoms with Gasteiger partial charge in [-0.2, -0.15) is 0 Å². The van der Waals surface area contributed by atoms with Gasteiger partial charge in [-0.3, -0.25) is 0 Å². The van der Waals surface area contributed by atoms with Crippen molar-refractivity contribution in [3.63, 3.8) is 0 Å². The van der Waals surface area contributed by atoms with E-state index >= 15 is 0 Å². The summed E-state index contributed by atoms with van der Waals surface area (Å²) in [6.45, 7) is 0. The van der Waals surface area contributed by atoms with Gasteiger partial charge in [-0.25, -0.2) is 0 Å². The number of para-hydroxylation sites is 1. The molecule has 0 aliphatic heterocycles. The zero-order valence-electron chi connectivity index (χ0n) is 26.3. The van der Waals surface area contributed by atoms with Crippen molar-refractivity contribution in [2.75, 3.05) is 4.90 Å². The van der Waals surface area contributed by atoms with E-state index in [0.717, 1.165) is 17.1 Å². The summed E-state index contributed by atoms with van der Waals surface area (Å²) >= 11 is 1.89. The van der Waals surface area contributed by atoms with Gasteiger partial charge < -0.3 is 4.90 Å². The molecule has 0 N–H and O–H groups in total. The highest BCUT2D eigenvalue weighted by molar-refractivity contribution is 7.26. The van der Waals surface area contributed by atoms with Gasteiger partial charge in [0.1, 0.15) is 0 Å². The maximum atomic E-state index is 2.36. The minimum Gasteiger partial charge on any atom is -0.311 e. The molecule has 48 heavy (non-hydrogen) atoms. The van der Waals surface area contributed by atoms with Crippen LogP contribution in [0.2, 0.25) is 0 Å². The molecule has 226 valence electrons. The SMILES string of the molecule is c1ccc(-c2ccccc2-c2ccc(N(c3ccccc3)c3ccc(-c4ccc5ccc6c7ccccc7sc6c5c4)cc3)cc2)cc1. The van der Waals surface area contributed by atoms with Gasteiger partial charge in [-0.05, 0) is 87.3 Å². The first kappa shape index (κ1) is 28.3. The first-order valence-electron chi connectivity index (χ1n) is 16.3. The van der Waals surface area contributed by atoms with Crippen molar-refractivity contribution >= 4 is 59.3 Å². The first-order chi connectivity index (χ1) is 23.8. The van der Waals surface area contributed by atoms with Gasteiger partial charge in [-0.1, -0.05) is 140 Å². The van der Waals surface area contributed by atoms with Crippen LogP contribution in [0.4, 0.5) is 17.1 Å². The Labute approximate surface area is 284 Å². The predicted molar refractivity (Wildman–Crippen MR) is 208 cm³/mol. The van der Waals surface area contributed by atoms with Crippen LogP contribution in [0.25, 0.3) is 64.3 Å². The normalized spacial score (nSPS) is 11.3. The molecule has 0 unspecified atom stereocenters. The van der Waals surface area contributed by atoms with E-state index in [1.54, 1.807) is 0 Å². The van der Waals surface area contributed by atoms with Gasteiger partial charge in [-0.15, -0.1) is 11.3 Å². The minimum atomic E-state index is 1.12. The zero-order valence-corrected chi connectivity index (χ0v) is 27.1. The van der Waals surface area contributed by atoms with Gasteiger partial charge in [0, 0.05) is 42.6 Å². The van der Waals surface area contributed by atoms with E-state index in [0.29, 0.717) is 0 Å². The van der Waals surface area contributed by atoms with Crippen LogP contribution in [0.1, 0.15) is 0 Å². The van der Waals surface area contributed by atoms with Crippen LogP contribution in [-0.2, 0) is 0 Å². The summed E-state index contributed by atoms with van der Waals surface area (Å²) in [5.74, 6) is 0. The van der Waals surface area contributed by atoms with E-state index in [4.69, 9.17) is 0 Å². The van der Waals surface area contributed by atoms with Gasteiger partial charge in [0.15, 0.2) is 0 Å². The van der Waals surface area contributed by atoms with E-state index in [-0.39, 0.29) is 0 Å². The van der Waals surface area contributed by atoms with E-state index < -0.39 is 0 Å². The third kappa shape index (κ3) is 5.04. The number of nitrogens with zero attached hydrogens (tertiary/aromatic N) is 1. The van der Waals surface area contributed by atoms with Crippen molar-refractivity contribution in [1.29, 1.82) is 0 Å². The number of hydrogen-bond acceptors (Lipinski definition) is 2. The molecule has 8 aromatic carbocycles. The van der Waals surface area contributed by atoms with E-state index in [1.165, 1.54) is 64.3 Å². The Morgan fingerprint density at radius 3 is 1.56 bits per heavy atom. The molecule has 1 aromatic heterocycles. The van der Waals surface area contributed by atoms with Gasteiger partial charge in [0.25, 0.3) is 0 Å². The fourth-order valence-electron chi connectivity index (χ4n) is 6.90. The van der Waals surface area contributed by atoms with E-state index in [2.05, 4.69) is 193 Å². The molecule has 0 bridgehead atoms. The fraction of sp³-hybridized carbons (Fsp3) is 0. The highest BCUT2D eigenvalue weighted by Crippen LogP contribution is 2.41. The van der Waals surface area contributed by atoms with Gasteiger partial charge in [0.2, 0.25) is 0 Å². The van der Waals surface area contributed by atoms with Crippen LogP contribution in [0.15, 0.2) is 188 Å². The van der Waals surface area contributed by atoms with Crippen LogP contribution >= 0.6 is 11.3 Å². The van der Waals surface area contributed by atoms with Crippen LogP contribution in [0.5, 0.6) is 0 Å². The number of rotatable bonds is 6. The predicted octanol–water partition coefficient (Wildman–Crippen LogP) is 13.7. The van der Waals surface area contributed by atoms with Crippen molar-refractivity contribution in [3.05, 3.63) is 188 Å². The lowest BCUT2D eigenvalue weighted by Crippen LogP contribution is -2.09. The van der Waals surface area contributed by atoms with Gasteiger partial charge >= 0.3 is 0 Å². The lowest BCUT2D eigenvalue weighted by molar-refractivity contribution is 1.28. The summed E-state index contributed by atoms with van der Waals surface area (Å²) in [5.41, 5.74) is 10.7. The van der Waals surface area contributed by atoms with Crippen molar-refractivity contribution in [1.82, 2.24) is 0 Å². The summed E-state index contributed by atoms with van der Waals surface area (Å²) in [4.78, 5) is 2.33. The summed E-state index contributed by atoms with van der Waals surface area (Å²) in [6, 6.07) is 68.0. The molecule has 0 spiro atoms. The molecule has 1 nitrogen and oxygen atoms in total. The molecule has 9 rings (SSSR count). The molecular formula is C46H31NS. The average molecular weight is 630 g/mol. The zero-order chi connectivity index (χ0) is 31.9. The Balaban J connectivity index is 1.08. The maximum absolute atomic E-state index is 2.36. The van der Waals surface area contributed by atoms with Crippen molar-refractivity contribution in [2.24, 2.45) is 0 Å². The lowest BCUT2D eigenvalue weighted by Gasteiger charge is -2.26. The van der Waals surface area contributed by atoms with E-state index in [9.17, 15) is 0 Å². The summed E-state index contributed by atoms with van der Waals surface area (Å²) in [7, 11) is 0. The Hall–Kier alpha value is -5.96. The number of benzene rings is 8. The first-order valence-corrected chi connectivity index (χ1v) is 17.2. The third-order valence-corrected chi connectivity index (χ3v) is 10.5. The van der Waals surface area contributed by atoms with Crippen molar-refractivity contribution < 1.29 is 0 Å². The quantitative estimate of drug-likeness (QED) is 0.177. The summed E-state index contributed by atoms with van der Waals surface area (Å²) in [5, 5.41) is 5.27. The molecule has 0 atom stereocenters. The Morgan fingerprint density at radius 2 is 0.854 bits per heavy atom. The largest absolute Gasteiger partial charge is 0.311 e. The monoisotopic (exact) mass is 629 g/mol. The number of hydrogen-bond donors (Lipinski definition) is 0. The second-order valence-electron chi connectivity index (χ2n) is 12.2. The molecule has 9 aromatic rings. The second-order valence-corrected chi connectivity index (χ2v) is 13.2. The topological polar surface area (TPSA) is 3.24 Å². The molecule has 0 aliphatic rings. The minimum absolute atomic E-state index is 1.12. The molecule has 0 saturated carbocycles. The van der Waals surface area contributed by atoms with Crippen LogP contribution in [0.3, 0.4) is 0 Å². The van der Waals surface area contributed by atoms with Crippen LogP contribution in [0, 0.1) is 0 Å². The smallest absolute Gasteiger partial charge is 0.0462 e. The molecule has 0 radical (unpaired) electrons. The number of anilines is 3. The lowest BCUT2D eigenvalue weighted by atomic mass is 9.94. The Bertz CT molecular complexity index is 2530. The highest BCUT2D eigenvalue weighted by Gasteiger charge is 2.15. The van der Waals surface area contributed by atoms with Gasteiger partial charge in [0.05, 0.1) is 0 Å². The van der Waals surface area contributed by atoms with E-state index in [1.807, 2.05) is 11.3 Å². The molecule has 0 aliphatic carbocycles. The summed E-state index contributed by atoms with van der Waals surface area (Å²) < 4.78 is 2.70.